The summed E-state index contributed by atoms with van der Waals surface area (Å²) < 4.78 is 14.0. The lowest BCUT2D eigenvalue weighted by atomic mass is 10.2. The molecule has 1 saturated heterocycles. The van der Waals surface area contributed by atoms with Crippen molar-refractivity contribution in [2.24, 2.45) is 0 Å². The highest BCUT2D eigenvalue weighted by atomic mass is 32.2. The Kier molecular flexibility index (Phi) is 5.00. The maximum absolute atomic E-state index is 14.0. The van der Waals surface area contributed by atoms with Crippen LogP contribution in [0.25, 0.3) is 21.9 Å². The van der Waals surface area contributed by atoms with Crippen molar-refractivity contribution in [1.29, 1.82) is 0 Å². The molecule has 5 rings (SSSR count). The van der Waals surface area contributed by atoms with E-state index in [1.165, 1.54) is 17.8 Å². The predicted octanol–water partition coefficient (Wildman–Crippen LogP) is 3.69. The van der Waals surface area contributed by atoms with Gasteiger partial charge in [-0.3, -0.25) is 4.79 Å². The van der Waals surface area contributed by atoms with Gasteiger partial charge in [-0.2, -0.15) is 0 Å². The minimum Gasteiger partial charge on any atom is -0.366 e. The van der Waals surface area contributed by atoms with Crippen molar-refractivity contribution in [1.82, 2.24) is 19.9 Å². The number of carbonyl (C=O) groups is 1. The average molecular weight is 422 g/mol. The maximum Gasteiger partial charge on any atom is 0.233 e. The van der Waals surface area contributed by atoms with Crippen molar-refractivity contribution in [3.63, 3.8) is 0 Å². The van der Waals surface area contributed by atoms with Gasteiger partial charge in [0.25, 0.3) is 0 Å². The summed E-state index contributed by atoms with van der Waals surface area (Å²) in [6.45, 7) is 2.41. The summed E-state index contributed by atoms with van der Waals surface area (Å²) in [5, 5.41) is 1.82. The van der Waals surface area contributed by atoms with Gasteiger partial charge in [-0.1, -0.05) is 42.1 Å². The summed E-state index contributed by atoms with van der Waals surface area (Å²) in [6.07, 6.45) is 1.54. The van der Waals surface area contributed by atoms with E-state index < -0.39 is 0 Å². The number of halogens is 1. The van der Waals surface area contributed by atoms with E-state index in [0.29, 0.717) is 37.6 Å². The number of aromatic nitrogens is 3. The van der Waals surface area contributed by atoms with E-state index in [1.807, 2.05) is 40.1 Å². The molecule has 0 radical (unpaired) electrons. The minimum atomic E-state index is -0.223. The smallest absolute Gasteiger partial charge is 0.233 e. The van der Waals surface area contributed by atoms with Crippen molar-refractivity contribution < 1.29 is 9.18 Å². The molecule has 0 spiro atoms. The van der Waals surface area contributed by atoms with E-state index in [1.54, 1.807) is 18.5 Å². The van der Waals surface area contributed by atoms with Crippen LogP contribution in [0.15, 0.2) is 59.9 Å². The second-order valence-electron chi connectivity index (χ2n) is 7.18. The van der Waals surface area contributed by atoms with Crippen LogP contribution in [0.1, 0.15) is 0 Å². The number of nitrogens with one attached hydrogen (secondary N) is 1. The van der Waals surface area contributed by atoms with Crippen molar-refractivity contribution in [3.8, 4) is 0 Å². The van der Waals surface area contributed by atoms with Crippen molar-refractivity contribution in [2.45, 2.75) is 5.03 Å². The number of hydrogen-bond acceptors (Lipinski definition) is 5. The second-order valence-corrected chi connectivity index (χ2v) is 8.14. The summed E-state index contributed by atoms with van der Waals surface area (Å²) in [7, 11) is 0. The number of rotatable bonds is 4. The highest BCUT2D eigenvalue weighted by molar-refractivity contribution is 8.00. The van der Waals surface area contributed by atoms with Crippen LogP contribution in [0, 0.1) is 5.82 Å². The number of fused-ring (bicyclic) bond motifs is 3. The zero-order valence-electron chi connectivity index (χ0n) is 16.2. The van der Waals surface area contributed by atoms with Gasteiger partial charge in [-0.15, -0.1) is 0 Å². The molecule has 0 bridgehead atoms. The monoisotopic (exact) mass is 421 g/mol. The molecule has 0 unspecified atom stereocenters. The maximum atomic E-state index is 14.0. The Morgan fingerprint density at radius 3 is 2.63 bits per heavy atom. The molecule has 30 heavy (non-hydrogen) atoms. The fraction of sp³-hybridized carbons (Fsp3) is 0.227. The van der Waals surface area contributed by atoms with Gasteiger partial charge in [-0.05, 0) is 18.2 Å². The first-order valence-corrected chi connectivity index (χ1v) is 10.8. The molecular formula is C22H20FN5OS. The van der Waals surface area contributed by atoms with E-state index in [2.05, 4.69) is 15.0 Å². The molecule has 6 nitrogen and oxygen atoms in total. The number of hydrogen-bond donors (Lipinski definition) is 1. The van der Waals surface area contributed by atoms with Crippen LogP contribution < -0.4 is 4.90 Å². The number of carbonyl (C=O) groups excluding carboxylic acids is 1. The second kappa shape index (κ2) is 7.95. The zero-order valence-corrected chi connectivity index (χ0v) is 17.0. The van der Waals surface area contributed by atoms with Gasteiger partial charge in [0.15, 0.2) is 0 Å². The predicted molar refractivity (Wildman–Crippen MR) is 117 cm³/mol. The topological polar surface area (TPSA) is 65.1 Å². The van der Waals surface area contributed by atoms with Crippen molar-refractivity contribution in [2.75, 3.05) is 36.8 Å². The number of nitrogens with zero attached hydrogens (tertiary/aromatic N) is 4. The van der Waals surface area contributed by atoms with Crippen LogP contribution in [-0.4, -0.2) is 57.7 Å². The van der Waals surface area contributed by atoms with Crippen LogP contribution in [0.2, 0.25) is 0 Å². The third-order valence-corrected chi connectivity index (χ3v) is 6.39. The lowest BCUT2D eigenvalue weighted by Crippen LogP contribution is -2.49. The Hall–Kier alpha value is -3.13. The van der Waals surface area contributed by atoms with E-state index in [9.17, 15) is 9.18 Å². The highest BCUT2D eigenvalue weighted by Crippen LogP contribution is 2.29. The molecule has 2 aromatic heterocycles. The highest BCUT2D eigenvalue weighted by Gasteiger charge is 2.23. The Balaban J connectivity index is 1.24. The lowest BCUT2D eigenvalue weighted by Gasteiger charge is -2.36. The molecule has 3 heterocycles. The molecule has 0 saturated carbocycles. The van der Waals surface area contributed by atoms with Crippen LogP contribution in [-0.2, 0) is 4.79 Å². The number of para-hydroxylation sites is 2. The largest absolute Gasteiger partial charge is 0.366 e. The molecule has 0 atom stereocenters. The summed E-state index contributed by atoms with van der Waals surface area (Å²) in [4.78, 5) is 28.7. The fourth-order valence-corrected chi connectivity index (χ4v) is 4.71. The standard InChI is InChI=1S/C22H20FN5OS/c23-16-6-2-4-8-18(16)27-9-11-28(12-10-27)19(29)13-30-22-21-20(24-14-25-22)15-5-1-3-7-17(15)26-21/h1-8,14,26H,9-13H2. The van der Waals surface area contributed by atoms with Crippen molar-refractivity contribution >= 4 is 45.3 Å². The van der Waals surface area contributed by atoms with Crippen LogP contribution in [0.4, 0.5) is 10.1 Å². The third-order valence-electron chi connectivity index (χ3n) is 5.41. The summed E-state index contributed by atoms with van der Waals surface area (Å²) in [6, 6.07) is 14.8. The number of aromatic amines is 1. The molecule has 4 aromatic rings. The molecule has 2 aromatic carbocycles. The van der Waals surface area contributed by atoms with Gasteiger partial charge < -0.3 is 14.8 Å². The molecule has 1 amide bonds. The number of benzene rings is 2. The minimum absolute atomic E-state index is 0.0658. The van der Waals surface area contributed by atoms with E-state index in [-0.39, 0.29) is 11.7 Å². The fourth-order valence-electron chi connectivity index (χ4n) is 3.86. The van der Waals surface area contributed by atoms with Gasteiger partial charge in [0.1, 0.15) is 22.7 Å². The van der Waals surface area contributed by atoms with Gasteiger partial charge in [0, 0.05) is 37.1 Å². The van der Waals surface area contributed by atoms with Crippen LogP contribution in [0.3, 0.4) is 0 Å². The van der Waals surface area contributed by atoms with E-state index in [4.69, 9.17) is 0 Å². The van der Waals surface area contributed by atoms with Crippen LogP contribution >= 0.6 is 11.8 Å². The average Bonchev–Trinajstić information content (AvgIpc) is 3.17. The molecular weight excluding hydrogens is 401 g/mol. The SMILES string of the molecule is O=C(CSc1ncnc2c1[nH]c1ccccc12)N1CCN(c2ccccc2F)CC1. The molecule has 152 valence electrons. The summed E-state index contributed by atoms with van der Waals surface area (Å²) >= 11 is 1.42. The van der Waals surface area contributed by atoms with Gasteiger partial charge >= 0.3 is 0 Å². The number of anilines is 1. The normalized spacial score (nSPS) is 14.6. The molecule has 1 N–H and O–H groups in total. The number of piperazine rings is 1. The van der Waals surface area contributed by atoms with Gasteiger partial charge in [0.2, 0.25) is 5.91 Å². The number of H-pyrrole nitrogens is 1. The lowest BCUT2D eigenvalue weighted by molar-refractivity contribution is -0.128. The molecule has 1 fully saturated rings. The first-order chi connectivity index (χ1) is 14.7. The van der Waals surface area contributed by atoms with Crippen molar-refractivity contribution in [3.05, 3.63) is 60.7 Å². The Labute approximate surface area is 177 Å². The number of amides is 1. The quantitative estimate of drug-likeness (QED) is 0.402. The molecule has 8 heteroatoms. The Morgan fingerprint density at radius 2 is 1.80 bits per heavy atom. The first kappa shape index (κ1) is 18.9. The summed E-state index contributed by atoms with van der Waals surface area (Å²) in [5.74, 6) is 0.149. The first-order valence-electron chi connectivity index (χ1n) is 9.82. The Morgan fingerprint density at radius 1 is 1.03 bits per heavy atom. The Bertz CT molecular complexity index is 1220. The third kappa shape index (κ3) is 3.47. The van der Waals surface area contributed by atoms with Crippen LogP contribution in [0.5, 0.6) is 0 Å². The zero-order chi connectivity index (χ0) is 20.5. The summed E-state index contributed by atoms with van der Waals surface area (Å²) in [5.41, 5.74) is 3.33. The van der Waals surface area contributed by atoms with E-state index >= 15 is 0 Å². The number of thioether (sulfide) groups is 1. The van der Waals surface area contributed by atoms with E-state index in [0.717, 1.165) is 27.0 Å². The van der Waals surface area contributed by atoms with Gasteiger partial charge in [0.05, 0.1) is 17.0 Å². The van der Waals surface area contributed by atoms with Gasteiger partial charge in [-0.25, -0.2) is 14.4 Å². The molecule has 1 aliphatic rings. The molecule has 1 aliphatic heterocycles. The molecule has 0 aliphatic carbocycles.